The van der Waals surface area contributed by atoms with Crippen LogP contribution in [-0.2, 0) is 27.8 Å². The fourth-order valence-corrected chi connectivity index (χ4v) is 7.80. The highest BCUT2D eigenvalue weighted by Crippen LogP contribution is 2.24. The Morgan fingerprint density at radius 3 is 2.27 bits per heavy atom. The van der Waals surface area contributed by atoms with Crippen molar-refractivity contribution in [3.05, 3.63) is 106 Å². The van der Waals surface area contributed by atoms with Gasteiger partial charge in [-0.2, -0.15) is 4.31 Å². The van der Waals surface area contributed by atoms with E-state index < -0.39 is 39.0 Å². The molecular formula is C36H46N6O8S. The number of nitrogens with one attached hydrogen (secondary N) is 1. The highest BCUT2D eigenvalue weighted by Gasteiger charge is 2.40. The molecule has 1 saturated heterocycles. The van der Waals surface area contributed by atoms with Gasteiger partial charge in [0.1, 0.15) is 6.04 Å². The van der Waals surface area contributed by atoms with E-state index in [9.17, 15) is 33.2 Å². The maximum absolute atomic E-state index is 14.1. The summed E-state index contributed by atoms with van der Waals surface area (Å²) in [5.41, 5.74) is 1.82. The standard InChI is InChI=1S/C36H46N6O8S/c1-25(2)22-40(51(49,50)31-15-13-28(14-16-31)21-37-46)24-33(43)32(20-27-9-6-5-7-10-27)38-35(44)34(26(3)4)41-18-17-39(36(41)45)23-29-11-8-12-30(19-29)42(47)48/h5-16,19,21,25-26,32-34,43,46H,17-18,20,22-24H2,1-4H3,(H,38,44)/b37-21+/t32-,33+,34?/m0/s1. The van der Waals surface area contributed by atoms with Crippen molar-refractivity contribution in [1.29, 1.82) is 0 Å². The number of nitro groups is 1. The number of benzene rings is 3. The first-order valence-electron chi connectivity index (χ1n) is 16.8. The van der Waals surface area contributed by atoms with Gasteiger partial charge in [-0.25, -0.2) is 13.2 Å². The van der Waals surface area contributed by atoms with E-state index in [1.54, 1.807) is 12.1 Å². The quantitative estimate of drug-likeness (QED) is 0.0805. The lowest BCUT2D eigenvalue weighted by Crippen LogP contribution is -2.57. The Bertz CT molecular complexity index is 1790. The predicted molar refractivity (Wildman–Crippen MR) is 192 cm³/mol. The van der Waals surface area contributed by atoms with Crippen LogP contribution < -0.4 is 5.32 Å². The third-order valence-corrected chi connectivity index (χ3v) is 10.5. The molecule has 15 heteroatoms. The van der Waals surface area contributed by atoms with Crippen molar-refractivity contribution in [3.8, 4) is 0 Å². The van der Waals surface area contributed by atoms with Gasteiger partial charge in [-0.1, -0.05) is 87.4 Å². The van der Waals surface area contributed by atoms with Gasteiger partial charge < -0.3 is 25.4 Å². The summed E-state index contributed by atoms with van der Waals surface area (Å²) in [6, 6.07) is 18.9. The summed E-state index contributed by atoms with van der Waals surface area (Å²) < 4.78 is 28.9. The molecule has 1 fully saturated rings. The van der Waals surface area contributed by atoms with Gasteiger partial charge >= 0.3 is 6.03 Å². The molecule has 1 aliphatic heterocycles. The van der Waals surface area contributed by atoms with E-state index in [2.05, 4.69) is 10.5 Å². The Balaban J connectivity index is 1.57. The van der Waals surface area contributed by atoms with Crippen molar-refractivity contribution in [2.45, 2.75) is 63.7 Å². The first-order valence-corrected chi connectivity index (χ1v) is 18.2. The molecule has 4 rings (SSSR count). The summed E-state index contributed by atoms with van der Waals surface area (Å²) in [5, 5.41) is 37.8. The number of aliphatic hydroxyl groups is 1. The largest absolute Gasteiger partial charge is 0.411 e. The van der Waals surface area contributed by atoms with E-state index in [0.717, 1.165) is 5.56 Å². The molecule has 0 saturated carbocycles. The molecule has 0 bridgehead atoms. The topological polar surface area (TPSA) is 186 Å². The Labute approximate surface area is 298 Å². The van der Waals surface area contributed by atoms with Crippen LogP contribution in [0.2, 0.25) is 0 Å². The second-order valence-electron chi connectivity index (χ2n) is 13.4. The third kappa shape index (κ3) is 10.1. The molecule has 1 aliphatic rings. The van der Waals surface area contributed by atoms with Gasteiger partial charge in [0.05, 0.1) is 28.2 Å². The molecule has 274 valence electrons. The zero-order valence-electron chi connectivity index (χ0n) is 29.2. The summed E-state index contributed by atoms with van der Waals surface area (Å²) in [5.74, 6) is -0.903. The predicted octanol–water partition coefficient (Wildman–Crippen LogP) is 4.10. The number of carbonyl (C=O) groups is 2. The Kier molecular flexibility index (Phi) is 13.3. The number of oxime groups is 1. The van der Waals surface area contributed by atoms with Crippen molar-refractivity contribution < 1.29 is 33.2 Å². The summed E-state index contributed by atoms with van der Waals surface area (Å²) >= 11 is 0. The molecule has 51 heavy (non-hydrogen) atoms. The van der Waals surface area contributed by atoms with Gasteiger partial charge in [-0.15, -0.1) is 0 Å². The number of hydrogen-bond acceptors (Lipinski definition) is 9. The second-order valence-corrected chi connectivity index (χ2v) is 15.4. The van der Waals surface area contributed by atoms with Crippen molar-refractivity contribution in [2.75, 3.05) is 26.2 Å². The van der Waals surface area contributed by atoms with Crippen LogP contribution >= 0.6 is 0 Å². The van der Waals surface area contributed by atoms with E-state index in [4.69, 9.17) is 5.21 Å². The minimum Gasteiger partial charge on any atom is -0.411 e. The number of nitro benzene ring substituents is 1. The molecule has 1 unspecified atom stereocenters. The van der Waals surface area contributed by atoms with E-state index in [1.165, 1.54) is 56.7 Å². The Morgan fingerprint density at radius 2 is 1.67 bits per heavy atom. The Hall–Kier alpha value is -4.86. The van der Waals surface area contributed by atoms with Crippen molar-refractivity contribution in [3.63, 3.8) is 0 Å². The summed E-state index contributed by atoms with van der Waals surface area (Å²) in [7, 11) is -4.09. The average molecular weight is 723 g/mol. The molecule has 14 nitrogen and oxygen atoms in total. The smallest absolute Gasteiger partial charge is 0.321 e. The van der Waals surface area contributed by atoms with Crippen LogP contribution in [0, 0.1) is 22.0 Å². The molecule has 1 heterocycles. The lowest BCUT2D eigenvalue weighted by atomic mass is 9.97. The molecule has 3 aromatic carbocycles. The zero-order chi connectivity index (χ0) is 37.3. The van der Waals surface area contributed by atoms with E-state index >= 15 is 0 Å². The summed E-state index contributed by atoms with van der Waals surface area (Å²) in [4.78, 5) is 41.5. The number of aliphatic hydroxyl groups excluding tert-OH is 1. The molecule has 3 atom stereocenters. The monoisotopic (exact) mass is 722 g/mol. The van der Waals surface area contributed by atoms with Crippen LogP contribution in [-0.4, -0.2) is 100 Å². The van der Waals surface area contributed by atoms with Gasteiger partial charge in [-0.05, 0) is 47.1 Å². The van der Waals surface area contributed by atoms with Gasteiger partial charge in [-0.3, -0.25) is 14.9 Å². The lowest BCUT2D eigenvalue weighted by Gasteiger charge is -2.34. The highest BCUT2D eigenvalue weighted by molar-refractivity contribution is 7.89. The van der Waals surface area contributed by atoms with Crippen LogP contribution in [0.1, 0.15) is 44.4 Å². The highest BCUT2D eigenvalue weighted by atomic mass is 32.2. The number of sulfonamides is 1. The number of urea groups is 1. The average Bonchev–Trinajstić information content (AvgIpc) is 3.43. The number of non-ortho nitro benzene ring substituents is 1. The Morgan fingerprint density at radius 1 is 1.00 bits per heavy atom. The number of amides is 3. The first kappa shape index (κ1) is 38.9. The van der Waals surface area contributed by atoms with Gasteiger partial charge in [0.25, 0.3) is 5.69 Å². The van der Waals surface area contributed by atoms with E-state index in [0.29, 0.717) is 17.7 Å². The zero-order valence-corrected chi connectivity index (χ0v) is 30.0. The minimum absolute atomic E-state index is 0.00355. The molecule has 3 amide bonds. The molecule has 0 aliphatic carbocycles. The third-order valence-electron chi connectivity index (χ3n) is 8.63. The van der Waals surface area contributed by atoms with Crippen LogP contribution in [0.25, 0.3) is 0 Å². The molecule has 0 radical (unpaired) electrons. The van der Waals surface area contributed by atoms with E-state index in [-0.39, 0.29) is 61.0 Å². The summed E-state index contributed by atoms with van der Waals surface area (Å²) in [6.45, 7) is 7.84. The molecule has 0 aromatic heterocycles. The normalized spacial score (nSPS) is 15.6. The molecular weight excluding hydrogens is 676 g/mol. The van der Waals surface area contributed by atoms with Crippen LogP contribution in [0.5, 0.6) is 0 Å². The van der Waals surface area contributed by atoms with Gasteiger partial charge in [0, 0.05) is 44.9 Å². The second kappa shape index (κ2) is 17.4. The van der Waals surface area contributed by atoms with Crippen molar-refractivity contribution in [1.82, 2.24) is 19.4 Å². The number of hydrogen-bond donors (Lipinski definition) is 3. The minimum atomic E-state index is -4.09. The fourth-order valence-electron chi connectivity index (χ4n) is 6.17. The molecule has 0 spiro atoms. The van der Waals surface area contributed by atoms with Crippen molar-refractivity contribution in [2.24, 2.45) is 17.0 Å². The van der Waals surface area contributed by atoms with E-state index in [1.807, 2.05) is 58.0 Å². The number of rotatable bonds is 17. The summed E-state index contributed by atoms with van der Waals surface area (Å²) in [6.07, 6.45) is 0.0320. The van der Waals surface area contributed by atoms with Crippen molar-refractivity contribution >= 4 is 33.9 Å². The molecule has 3 aromatic rings. The maximum atomic E-state index is 14.1. The van der Waals surface area contributed by atoms with Crippen LogP contribution in [0.4, 0.5) is 10.5 Å². The van der Waals surface area contributed by atoms with Crippen LogP contribution in [0.15, 0.2) is 88.9 Å². The number of nitrogens with zero attached hydrogens (tertiary/aromatic N) is 5. The lowest BCUT2D eigenvalue weighted by molar-refractivity contribution is -0.384. The molecule has 3 N–H and O–H groups in total. The maximum Gasteiger partial charge on any atom is 0.321 e. The van der Waals surface area contributed by atoms with Gasteiger partial charge in [0.2, 0.25) is 15.9 Å². The van der Waals surface area contributed by atoms with Gasteiger partial charge in [0.15, 0.2) is 0 Å². The fraction of sp³-hybridized carbons (Fsp3) is 0.417. The van der Waals surface area contributed by atoms with Crippen LogP contribution in [0.3, 0.4) is 0 Å². The number of carbonyl (C=O) groups excluding carboxylic acids is 2. The first-order chi connectivity index (χ1) is 24.2. The SMILES string of the molecule is CC(C)CN(C[C@@H](O)[C@H](Cc1ccccc1)NC(=O)C(C(C)C)N1CCN(Cc2cccc([N+](=O)[O-])c2)C1=O)S(=O)(=O)c1ccc(/C=N/O)cc1.